The van der Waals surface area contributed by atoms with E-state index in [2.05, 4.69) is 5.10 Å². The average molecular weight is 214 g/mol. The molecule has 0 fully saturated rings. The third-order valence-electron chi connectivity index (χ3n) is 1.83. The topological polar surface area (TPSA) is 36.3 Å². The molecular formula is C11H22N2O2. The Morgan fingerprint density at radius 3 is 2.47 bits per heavy atom. The molecule has 0 atom stereocenters. The van der Waals surface area contributed by atoms with Crippen molar-refractivity contribution in [2.45, 2.75) is 33.7 Å². The quantitative estimate of drug-likeness (QED) is 0.705. The number of aromatic nitrogens is 2. The first-order valence-electron chi connectivity index (χ1n) is 5.35. The lowest BCUT2D eigenvalue weighted by atomic mass is 10.4. The van der Waals surface area contributed by atoms with Crippen molar-refractivity contribution in [1.29, 1.82) is 0 Å². The largest absolute Gasteiger partial charge is 0.480 e. The van der Waals surface area contributed by atoms with Crippen LogP contribution in [-0.2, 0) is 11.3 Å². The molecule has 15 heavy (non-hydrogen) atoms. The highest BCUT2D eigenvalue weighted by molar-refractivity contribution is 5.20. The molecule has 0 unspecified atom stereocenters. The van der Waals surface area contributed by atoms with Crippen LogP contribution in [0.5, 0.6) is 5.88 Å². The number of aryl methyl sites for hydroxylation is 2. The van der Waals surface area contributed by atoms with Crippen LogP contribution in [0, 0.1) is 6.92 Å². The van der Waals surface area contributed by atoms with Crippen LogP contribution in [0.1, 0.15) is 25.8 Å². The van der Waals surface area contributed by atoms with Crippen LogP contribution in [0.25, 0.3) is 0 Å². The highest BCUT2D eigenvalue weighted by Crippen LogP contribution is 2.13. The molecule has 0 N–H and O–H groups in total. The van der Waals surface area contributed by atoms with Gasteiger partial charge in [-0.2, -0.15) is 0 Å². The third kappa shape index (κ3) is 4.83. The molecule has 1 aromatic rings. The number of nitrogens with zero attached hydrogens (tertiary/aromatic N) is 2. The predicted molar refractivity (Wildman–Crippen MR) is 61.4 cm³/mol. The summed E-state index contributed by atoms with van der Waals surface area (Å²) in [5.74, 6) is 0.706. The summed E-state index contributed by atoms with van der Waals surface area (Å²) in [7, 11) is 3.34. The summed E-state index contributed by atoms with van der Waals surface area (Å²) < 4.78 is 11.9. The number of hydrogen-bond acceptors (Lipinski definition) is 3. The zero-order valence-electron chi connectivity index (χ0n) is 10.4. The van der Waals surface area contributed by atoms with E-state index in [-0.39, 0.29) is 0 Å². The highest BCUT2D eigenvalue weighted by Gasteiger charge is 2.03. The van der Waals surface area contributed by atoms with E-state index in [9.17, 15) is 0 Å². The van der Waals surface area contributed by atoms with Gasteiger partial charge < -0.3 is 9.47 Å². The molecule has 0 bridgehead atoms. The second-order valence-electron chi connectivity index (χ2n) is 2.93. The second kappa shape index (κ2) is 8.29. The Hall–Kier alpha value is -1.03. The molecule has 0 aromatic carbocycles. The summed E-state index contributed by atoms with van der Waals surface area (Å²) in [6, 6.07) is 0. The maximum Gasteiger partial charge on any atom is 0.235 e. The smallest absolute Gasteiger partial charge is 0.235 e. The summed E-state index contributed by atoms with van der Waals surface area (Å²) in [4.78, 5) is 0. The maximum atomic E-state index is 5.07. The number of methoxy groups -OCH3 is 2. The normalized spacial score (nSPS) is 9.40. The molecule has 1 rings (SSSR count). The molecule has 4 heteroatoms. The Morgan fingerprint density at radius 2 is 2.00 bits per heavy atom. The zero-order chi connectivity index (χ0) is 11.7. The first-order valence-corrected chi connectivity index (χ1v) is 5.35. The van der Waals surface area contributed by atoms with Crippen LogP contribution in [0.3, 0.4) is 0 Å². The molecular weight excluding hydrogens is 192 g/mol. The van der Waals surface area contributed by atoms with Gasteiger partial charge in [-0.05, 0) is 13.3 Å². The minimum Gasteiger partial charge on any atom is -0.480 e. The van der Waals surface area contributed by atoms with Crippen LogP contribution in [0.4, 0.5) is 0 Å². The molecule has 88 valence electrons. The van der Waals surface area contributed by atoms with E-state index in [4.69, 9.17) is 9.47 Å². The highest BCUT2D eigenvalue weighted by atomic mass is 16.5. The number of rotatable bonds is 5. The van der Waals surface area contributed by atoms with Crippen molar-refractivity contribution in [2.75, 3.05) is 20.8 Å². The molecule has 0 saturated heterocycles. The monoisotopic (exact) mass is 214 g/mol. The Morgan fingerprint density at radius 1 is 1.33 bits per heavy atom. The molecule has 1 heterocycles. The van der Waals surface area contributed by atoms with Crippen molar-refractivity contribution in [3.8, 4) is 5.88 Å². The predicted octanol–water partition coefficient (Wildman–Crippen LogP) is 2.26. The van der Waals surface area contributed by atoms with Crippen LogP contribution in [-0.4, -0.2) is 30.6 Å². The van der Waals surface area contributed by atoms with Gasteiger partial charge in [-0.15, -0.1) is 5.10 Å². The van der Waals surface area contributed by atoms with E-state index < -0.39 is 0 Å². The number of hydrogen-bond donors (Lipinski definition) is 0. The van der Waals surface area contributed by atoms with Crippen LogP contribution in [0.15, 0.2) is 6.20 Å². The van der Waals surface area contributed by atoms with Gasteiger partial charge in [-0.25, -0.2) is 0 Å². The first-order chi connectivity index (χ1) is 7.27. The van der Waals surface area contributed by atoms with Gasteiger partial charge in [0.25, 0.3) is 0 Å². The van der Waals surface area contributed by atoms with Crippen LogP contribution < -0.4 is 4.74 Å². The standard InChI is InChI=1S/C9H16N2O2.C2H6/c1-8-7-11(5-4-6-12-2)10-9(8)13-3;1-2/h7H,4-6H2,1-3H3;1-2H3. The van der Waals surface area contributed by atoms with Crippen molar-refractivity contribution in [3.63, 3.8) is 0 Å². The van der Waals surface area contributed by atoms with Crippen LogP contribution >= 0.6 is 0 Å². The molecule has 0 spiro atoms. The summed E-state index contributed by atoms with van der Waals surface area (Å²) >= 11 is 0. The first kappa shape index (κ1) is 14.0. The third-order valence-corrected chi connectivity index (χ3v) is 1.83. The molecule has 0 aliphatic heterocycles. The Bertz CT molecular complexity index is 259. The van der Waals surface area contributed by atoms with E-state index in [0.717, 1.165) is 25.1 Å². The SMILES string of the molecule is CC.COCCCn1cc(C)c(OC)n1. The molecule has 0 radical (unpaired) electrons. The zero-order valence-corrected chi connectivity index (χ0v) is 10.4. The Balaban J connectivity index is 0.000000921. The van der Waals surface area contributed by atoms with Crippen molar-refractivity contribution in [3.05, 3.63) is 11.8 Å². The lowest BCUT2D eigenvalue weighted by molar-refractivity contribution is 0.188. The van der Waals surface area contributed by atoms with Gasteiger partial charge in [-0.3, -0.25) is 4.68 Å². The molecule has 0 amide bonds. The van der Waals surface area contributed by atoms with Gasteiger partial charge in [0.15, 0.2) is 0 Å². The van der Waals surface area contributed by atoms with Crippen molar-refractivity contribution >= 4 is 0 Å². The van der Waals surface area contributed by atoms with E-state index in [1.807, 2.05) is 31.6 Å². The fraction of sp³-hybridized carbons (Fsp3) is 0.727. The second-order valence-corrected chi connectivity index (χ2v) is 2.93. The molecule has 4 nitrogen and oxygen atoms in total. The molecule has 1 aromatic heterocycles. The molecule has 0 saturated carbocycles. The Kier molecular flexibility index (Phi) is 7.72. The molecule has 0 aliphatic carbocycles. The van der Waals surface area contributed by atoms with Gasteiger partial charge in [0.05, 0.1) is 7.11 Å². The lowest BCUT2D eigenvalue weighted by Gasteiger charge is -1.99. The molecule has 0 aliphatic rings. The summed E-state index contributed by atoms with van der Waals surface area (Å²) in [5, 5.41) is 4.24. The summed E-state index contributed by atoms with van der Waals surface area (Å²) in [6.07, 6.45) is 2.95. The van der Waals surface area contributed by atoms with E-state index in [1.54, 1.807) is 14.2 Å². The van der Waals surface area contributed by atoms with Gasteiger partial charge in [0.2, 0.25) is 5.88 Å². The average Bonchev–Trinajstić information content (AvgIpc) is 2.62. The fourth-order valence-corrected chi connectivity index (χ4v) is 1.19. The van der Waals surface area contributed by atoms with Gasteiger partial charge in [0, 0.05) is 32.0 Å². The lowest BCUT2D eigenvalue weighted by Crippen LogP contribution is -2.01. The Labute approximate surface area is 92.2 Å². The fourth-order valence-electron chi connectivity index (χ4n) is 1.19. The van der Waals surface area contributed by atoms with Gasteiger partial charge in [0.1, 0.15) is 0 Å². The van der Waals surface area contributed by atoms with Gasteiger partial charge in [-0.1, -0.05) is 13.8 Å². The van der Waals surface area contributed by atoms with E-state index in [0.29, 0.717) is 5.88 Å². The minimum absolute atomic E-state index is 0.706. The summed E-state index contributed by atoms with van der Waals surface area (Å²) in [5.41, 5.74) is 1.07. The van der Waals surface area contributed by atoms with Crippen molar-refractivity contribution in [1.82, 2.24) is 9.78 Å². The number of ether oxygens (including phenoxy) is 2. The maximum absolute atomic E-state index is 5.07. The van der Waals surface area contributed by atoms with E-state index in [1.165, 1.54) is 0 Å². The van der Waals surface area contributed by atoms with Gasteiger partial charge >= 0.3 is 0 Å². The van der Waals surface area contributed by atoms with E-state index >= 15 is 0 Å². The minimum atomic E-state index is 0.706. The van der Waals surface area contributed by atoms with Crippen molar-refractivity contribution < 1.29 is 9.47 Å². The van der Waals surface area contributed by atoms with Crippen LogP contribution in [0.2, 0.25) is 0 Å². The summed E-state index contributed by atoms with van der Waals surface area (Å²) in [6.45, 7) is 7.62. The van der Waals surface area contributed by atoms with Crippen molar-refractivity contribution in [2.24, 2.45) is 0 Å².